The molecule has 0 aliphatic rings. The van der Waals surface area contributed by atoms with Gasteiger partial charge in [0.2, 0.25) is 0 Å². The van der Waals surface area contributed by atoms with Crippen molar-refractivity contribution in [3.63, 3.8) is 0 Å². The summed E-state index contributed by atoms with van der Waals surface area (Å²) in [5, 5.41) is 3.11. The molecular formula is C17H19ClN2O3. The molecule has 2 aromatic rings. The van der Waals surface area contributed by atoms with Gasteiger partial charge >= 0.3 is 0 Å². The van der Waals surface area contributed by atoms with E-state index >= 15 is 0 Å². The number of carbonyl (C=O) groups excluding carboxylic acids is 1. The van der Waals surface area contributed by atoms with Crippen molar-refractivity contribution in [2.24, 2.45) is 0 Å². The van der Waals surface area contributed by atoms with Crippen molar-refractivity contribution in [2.75, 3.05) is 18.5 Å². The van der Waals surface area contributed by atoms with Crippen LogP contribution in [0.3, 0.4) is 0 Å². The molecule has 1 N–H and O–H groups in total. The number of rotatable bonds is 7. The average Bonchev–Trinajstić information content (AvgIpc) is 2.55. The molecule has 0 spiro atoms. The Labute approximate surface area is 140 Å². The molecule has 0 aliphatic carbocycles. The van der Waals surface area contributed by atoms with E-state index in [2.05, 4.69) is 10.3 Å². The van der Waals surface area contributed by atoms with E-state index in [9.17, 15) is 4.79 Å². The molecule has 0 bridgehead atoms. The van der Waals surface area contributed by atoms with Gasteiger partial charge in [0.25, 0.3) is 5.91 Å². The van der Waals surface area contributed by atoms with Crippen LogP contribution in [-0.4, -0.2) is 24.1 Å². The summed E-state index contributed by atoms with van der Waals surface area (Å²) in [5.41, 5.74) is 1.00. The molecule has 1 aromatic carbocycles. The smallest absolute Gasteiger partial charge is 0.255 e. The summed E-state index contributed by atoms with van der Waals surface area (Å²) in [6.45, 7) is 4.84. The molecule has 5 nitrogen and oxygen atoms in total. The Morgan fingerprint density at radius 3 is 2.78 bits per heavy atom. The third kappa shape index (κ3) is 4.60. The van der Waals surface area contributed by atoms with Gasteiger partial charge in [-0.2, -0.15) is 0 Å². The summed E-state index contributed by atoms with van der Waals surface area (Å²) < 4.78 is 11.2. The maximum Gasteiger partial charge on any atom is 0.255 e. The Morgan fingerprint density at radius 1 is 1.30 bits per heavy atom. The van der Waals surface area contributed by atoms with Gasteiger partial charge in [0.05, 0.1) is 30.1 Å². The van der Waals surface area contributed by atoms with Gasteiger partial charge in [-0.1, -0.05) is 18.5 Å². The number of amides is 1. The van der Waals surface area contributed by atoms with E-state index in [0.717, 1.165) is 6.42 Å². The number of benzene rings is 1. The zero-order chi connectivity index (χ0) is 16.7. The van der Waals surface area contributed by atoms with E-state index in [-0.39, 0.29) is 5.91 Å². The number of aromatic nitrogens is 1. The lowest BCUT2D eigenvalue weighted by Gasteiger charge is -2.15. The Balaban J connectivity index is 2.26. The van der Waals surface area contributed by atoms with Crippen molar-refractivity contribution in [1.82, 2.24) is 4.98 Å². The third-order valence-corrected chi connectivity index (χ3v) is 3.22. The largest absolute Gasteiger partial charge is 0.490 e. The Hall–Kier alpha value is -2.27. The van der Waals surface area contributed by atoms with E-state index in [4.69, 9.17) is 21.1 Å². The zero-order valence-corrected chi connectivity index (χ0v) is 13.9. The van der Waals surface area contributed by atoms with Gasteiger partial charge in [0.15, 0.2) is 11.5 Å². The fraction of sp³-hybridized carbons (Fsp3) is 0.294. The number of anilines is 1. The number of carbonyl (C=O) groups is 1. The quantitative estimate of drug-likeness (QED) is 0.825. The highest BCUT2D eigenvalue weighted by molar-refractivity contribution is 6.32. The van der Waals surface area contributed by atoms with Crippen LogP contribution in [0, 0.1) is 0 Å². The molecular weight excluding hydrogens is 316 g/mol. The second kappa shape index (κ2) is 8.39. The predicted octanol–water partition coefficient (Wildman–Crippen LogP) is 4.17. The van der Waals surface area contributed by atoms with E-state index in [1.165, 1.54) is 0 Å². The summed E-state index contributed by atoms with van der Waals surface area (Å²) in [7, 11) is 0. The van der Waals surface area contributed by atoms with Crippen molar-refractivity contribution < 1.29 is 14.3 Å². The van der Waals surface area contributed by atoms with Crippen LogP contribution in [0.4, 0.5) is 5.69 Å². The molecule has 0 unspecified atom stereocenters. The maximum atomic E-state index is 12.4. The van der Waals surface area contributed by atoms with Crippen LogP contribution in [0.2, 0.25) is 5.02 Å². The average molecular weight is 335 g/mol. The molecule has 23 heavy (non-hydrogen) atoms. The first-order chi connectivity index (χ1) is 11.2. The lowest BCUT2D eigenvalue weighted by atomic mass is 10.2. The molecule has 0 saturated carbocycles. The van der Waals surface area contributed by atoms with Gasteiger partial charge < -0.3 is 14.8 Å². The van der Waals surface area contributed by atoms with Gasteiger partial charge in [-0.15, -0.1) is 0 Å². The second-order valence-corrected chi connectivity index (χ2v) is 5.17. The minimum atomic E-state index is -0.289. The highest BCUT2D eigenvalue weighted by Crippen LogP contribution is 2.37. The first kappa shape index (κ1) is 17.1. The lowest BCUT2D eigenvalue weighted by Crippen LogP contribution is -2.13. The van der Waals surface area contributed by atoms with Crippen LogP contribution >= 0.6 is 11.6 Å². The topological polar surface area (TPSA) is 60.5 Å². The van der Waals surface area contributed by atoms with Crippen molar-refractivity contribution >= 4 is 23.2 Å². The van der Waals surface area contributed by atoms with E-state index in [1.807, 2.05) is 13.8 Å². The normalized spacial score (nSPS) is 10.2. The van der Waals surface area contributed by atoms with Gasteiger partial charge in [-0.25, -0.2) is 0 Å². The fourth-order valence-corrected chi connectivity index (χ4v) is 2.21. The highest BCUT2D eigenvalue weighted by Gasteiger charge is 2.16. The monoisotopic (exact) mass is 334 g/mol. The Kier molecular flexibility index (Phi) is 6.23. The summed E-state index contributed by atoms with van der Waals surface area (Å²) in [5.74, 6) is 0.640. The first-order valence-corrected chi connectivity index (χ1v) is 7.84. The molecule has 1 heterocycles. The number of nitrogens with zero attached hydrogens (tertiary/aromatic N) is 1. The number of nitrogens with one attached hydrogen (secondary N) is 1. The number of pyridine rings is 1. The predicted molar refractivity (Wildman–Crippen MR) is 90.6 cm³/mol. The highest BCUT2D eigenvalue weighted by atomic mass is 35.5. The van der Waals surface area contributed by atoms with Crippen molar-refractivity contribution in [2.45, 2.75) is 20.3 Å². The molecule has 6 heteroatoms. The Bertz CT molecular complexity index is 662. The van der Waals surface area contributed by atoms with E-state index in [0.29, 0.717) is 41.0 Å². The van der Waals surface area contributed by atoms with Crippen LogP contribution in [0.25, 0.3) is 0 Å². The molecule has 1 amide bonds. The van der Waals surface area contributed by atoms with Crippen LogP contribution in [0.5, 0.6) is 11.5 Å². The molecule has 122 valence electrons. The molecule has 0 saturated heterocycles. The first-order valence-electron chi connectivity index (χ1n) is 7.46. The fourth-order valence-electron chi connectivity index (χ4n) is 1.95. The van der Waals surface area contributed by atoms with Gasteiger partial charge in [-0.05, 0) is 37.6 Å². The van der Waals surface area contributed by atoms with Crippen molar-refractivity contribution in [1.29, 1.82) is 0 Å². The second-order valence-electron chi connectivity index (χ2n) is 4.76. The minimum absolute atomic E-state index is 0.289. The number of ether oxygens (including phenoxy) is 2. The third-order valence-electron chi connectivity index (χ3n) is 2.94. The number of hydrogen-bond acceptors (Lipinski definition) is 4. The summed E-state index contributed by atoms with van der Waals surface area (Å²) in [6, 6.07) is 6.71. The van der Waals surface area contributed by atoms with Gasteiger partial charge in [0.1, 0.15) is 0 Å². The molecule has 0 radical (unpaired) electrons. The van der Waals surface area contributed by atoms with Crippen LogP contribution in [-0.2, 0) is 0 Å². The van der Waals surface area contributed by atoms with Crippen molar-refractivity contribution in [3.8, 4) is 11.5 Å². The lowest BCUT2D eigenvalue weighted by molar-refractivity contribution is 0.102. The molecule has 0 atom stereocenters. The van der Waals surface area contributed by atoms with Gasteiger partial charge in [0, 0.05) is 11.8 Å². The Morgan fingerprint density at radius 2 is 2.13 bits per heavy atom. The molecule has 0 fully saturated rings. The zero-order valence-electron chi connectivity index (χ0n) is 13.1. The number of halogens is 1. The van der Waals surface area contributed by atoms with Crippen molar-refractivity contribution in [3.05, 3.63) is 47.2 Å². The van der Waals surface area contributed by atoms with Crippen LogP contribution < -0.4 is 14.8 Å². The van der Waals surface area contributed by atoms with Crippen LogP contribution in [0.15, 0.2) is 36.7 Å². The SMILES string of the molecule is CCCOc1c(Cl)cc(C(=O)Nc2cccnc2)cc1OCC. The van der Waals surface area contributed by atoms with E-state index in [1.54, 1.807) is 36.7 Å². The molecule has 2 rings (SSSR count). The number of hydrogen-bond donors (Lipinski definition) is 1. The molecule has 1 aromatic heterocycles. The van der Waals surface area contributed by atoms with Gasteiger partial charge in [-0.3, -0.25) is 9.78 Å². The summed E-state index contributed by atoms with van der Waals surface area (Å²) in [4.78, 5) is 16.3. The van der Waals surface area contributed by atoms with Crippen LogP contribution in [0.1, 0.15) is 30.6 Å². The summed E-state index contributed by atoms with van der Waals surface area (Å²) in [6.07, 6.45) is 4.06. The summed E-state index contributed by atoms with van der Waals surface area (Å²) >= 11 is 6.26. The van der Waals surface area contributed by atoms with E-state index < -0.39 is 0 Å². The molecule has 0 aliphatic heterocycles. The maximum absolute atomic E-state index is 12.4. The minimum Gasteiger partial charge on any atom is -0.490 e. The standard InChI is InChI=1S/C17H19ClN2O3/c1-3-8-23-16-14(18)9-12(10-15(16)22-4-2)17(21)20-13-6-5-7-19-11-13/h5-7,9-11H,3-4,8H2,1-2H3,(H,20,21).